The minimum atomic E-state index is -0.920. The number of benzene rings is 1. The maximum absolute atomic E-state index is 12.4. The summed E-state index contributed by atoms with van der Waals surface area (Å²) in [5.74, 6) is -2.16. The van der Waals surface area contributed by atoms with Gasteiger partial charge >= 0.3 is 5.97 Å². The van der Waals surface area contributed by atoms with Gasteiger partial charge in [0.1, 0.15) is 0 Å². The first-order valence-corrected chi connectivity index (χ1v) is 7.67. The molecule has 2 N–H and O–H groups in total. The smallest absolute Gasteiger partial charge is 0.307 e. The molecule has 0 aliphatic heterocycles. The fourth-order valence-corrected chi connectivity index (χ4v) is 3.36. The fourth-order valence-electron chi connectivity index (χ4n) is 2.87. The molecule has 3 atom stereocenters. The largest absolute Gasteiger partial charge is 0.481 e. The molecule has 0 heterocycles. The normalized spacial score (nSPS) is 24.8. The Hall–Kier alpha value is -1.26. The molecule has 114 valence electrons. The number of hydrogen-bond acceptors (Lipinski definition) is 2. The lowest BCUT2D eigenvalue weighted by atomic mass is 9.95. The monoisotopic (exact) mass is 329 g/mol. The van der Waals surface area contributed by atoms with Crippen LogP contribution in [0.25, 0.3) is 0 Å². The van der Waals surface area contributed by atoms with Crippen molar-refractivity contribution >= 4 is 40.8 Å². The minimum Gasteiger partial charge on any atom is -0.481 e. The van der Waals surface area contributed by atoms with E-state index in [1.165, 1.54) is 0 Å². The Morgan fingerprint density at radius 1 is 1.24 bits per heavy atom. The lowest BCUT2D eigenvalue weighted by Gasteiger charge is -2.16. The second-order valence-corrected chi connectivity index (χ2v) is 6.20. The molecule has 1 aliphatic rings. The number of amides is 1. The molecule has 0 spiro atoms. The van der Waals surface area contributed by atoms with Crippen LogP contribution in [0.15, 0.2) is 18.2 Å². The van der Waals surface area contributed by atoms with Crippen molar-refractivity contribution in [3.05, 3.63) is 28.2 Å². The summed E-state index contributed by atoms with van der Waals surface area (Å²) in [6, 6.07) is 4.94. The minimum absolute atomic E-state index is 0.267. The van der Waals surface area contributed by atoms with Crippen LogP contribution in [-0.4, -0.2) is 17.0 Å². The first-order valence-electron chi connectivity index (χ1n) is 6.91. The Bertz CT molecular complexity index is 542. The number of anilines is 1. The van der Waals surface area contributed by atoms with Crippen LogP contribution in [0.4, 0.5) is 5.69 Å². The molecular formula is C15H17Cl2NO3. The first kappa shape index (κ1) is 16.1. The van der Waals surface area contributed by atoms with E-state index < -0.39 is 17.8 Å². The summed E-state index contributed by atoms with van der Waals surface area (Å²) < 4.78 is 0. The van der Waals surface area contributed by atoms with Gasteiger partial charge < -0.3 is 10.4 Å². The molecule has 1 saturated carbocycles. The fraction of sp³-hybridized carbons (Fsp3) is 0.467. The van der Waals surface area contributed by atoms with Crippen LogP contribution in [0.5, 0.6) is 0 Å². The zero-order valence-corrected chi connectivity index (χ0v) is 13.1. The van der Waals surface area contributed by atoms with Gasteiger partial charge in [0.05, 0.1) is 27.6 Å². The Kier molecular flexibility index (Phi) is 5.12. The first-order chi connectivity index (χ1) is 9.93. The lowest BCUT2D eigenvalue weighted by Crippen LogP contribution is -2.30. The average Bonchev–Trinajstić information content (AvgIpc) is 2.87. The Balaban J connectivity index is 2.17. The van der Waals surface area contributed by atoms with E-state index in [9.17, 15) is 14.7 Å². The number of rotatable bonds is 4. The molecular weight excluding hydrogens is 313 g/mol. The molecule has 1 amide bonds. The molecule has 21 heavy (non-hydrogen) atoms. The van der Waals surface area contributed by atoms with Gasteiger partial charge in [-0.25, -0.2) is 0 Å². The summed E-state index contributed by atoms with van der Waals surface area (Å²) in [6.45, 7) is 2.01. The summed E-state index contributed by atoms with van der Waals surface area (Å²) in [4.78, 5) is 23.7. The number of carboxylic acids is 1. The molecule has 0 saturated heterocycles. The maximum atomic E-state index is 12.4. The highest BCUT2D eigenvalue weighted by Crippen LogP contribution is 2.40. The number of carbonyl (C=O) groups excluding carboxylic acids is 1. The van der Waals surface area contributed by atoms with E-state index in [2.05, 4.69) is 5.32 Å². The van der Waals surface area contributed by atoms with Crippen LogP contribution < -0.4 is 5.32 Å². The third kappa shape index (κ3) is 3.50. The van der Waals surface area contributed by atoms with Crippen LogP contribution >= 0.6 is 23.2 Å². The number of para-hydroxylation sites is 1. The van der Waals surface area contributed by atoms with Crippen molar-refractivity contribution < 1.29 is 14.7 Å². The van der Waals surface area contributed by atoms with Crippen LogP contribution in [0.2, 0.25) is 10.0 Å². The van der Waals surface area contributed by atoms with E-state index in [1.54, 1.807) is 18.2 Å². The van der Waals surface area contributed by atoms with Crippen LogP contribution in [0.3, 0.4) is 0 Å². The summed E-state index contributed by atoms with van der Waals surface area (Å²) in [5, 5.41) is 12.7. The number of nitrogens with one attached hydrogen (secondary N) is 1. The lowest BCUT2D eigenvalue weighted by molar-refractivity contribution is -0.145. The van der Waals surface area contributed by atoms with Gasteiger partial charge in [-0.1, -0.05) is 42.6 Å². The van der Waals surface area contributed by atoms with Crippen molar-refractivity contribution in [1.29, 1.82) is 0 Å². The van der Waals surface area contributed by atoms with Gasteiger partial charge in [0.15, 0.2) is 0 Å². The zero-order valence-electron chi connectivity index (χ0n) is 11.6. The van der Waals surface area contributed by atoms with Gasteiger partial charge in [-0.3, -0.25) is 9.59 Å². The Labute approximate surface area is 133 Å². The van der Waals surface area contributed by atoms with Crippen molar-refractivity contribution in [2.45, 2.75) is 26.2 Å². The Morgan fingerprint density at radius 3 is 2.33 bits per heavy atom. The molecule has 0 aromatic heterocycles. The quantitative estimate of drug-likeness (QED) is 0.874. The highest BCUT2D eigenvalue weighted by molar-refractivity contribution is 6.39. The number of carboxylic acid groups (broad SMARTS) is 1. The summed E-state index contributed by atoms with van der Waals surface area (Å²) in [7, 11) is 0. The number of aliphatic carboxylic acids is 1. The Morgan fingerprint density at radius 2 is 1.81 bits per heavy atom. The van der Waals surface area contributed by atoms with E-state index in [0.29, 0.717) is 28.6 Å². The van der Waals surface area contributed by atoms with Gasteiger partial charge in [0.2, 0.25) is 5.91 Å². The predicted molar refractivity (Wildman–Crippen MR) is 82.7 cm³/mol. The molecule has 6 heteroatoms. The predicted octanol–water partition coefficient (Wildman–Crippen LogP) is 4.07. The molecule has 2 rings (SSSR count). The van der Waals surface area contributed by atoms with E-state index >= 15 is 0 Å². The topological polar surface area (TPSA) is 66.4 Å². The van der Waals surface area contributed by atoms with Gasteiger partial charge in [-0.2, -0.15) is 0 Å². The van der Waals surface area contributed by atoms with Gasteiger partial charge in [0.25, 0.3) is 0 Å². The van der Waals surface area contributed by atoms with Crippen LogP contribution in [0, 0.1) is 17.8 Å². The number of carbonyl (C=O) groups is 2. The third-order valence-electron chi connectivity index (χ3n) is 4.10. The summed E-state index contributed by atoms with van der Waals surface area (Å²) >= 11 is 12.0. The summed E-state index contributed by atoms with van der Waals surface area (Å²) in [5.41, 5.74) is 0.343. The van der Waals surface area contributed by atoms with E-state index in [0.717, 1.165) is 6.42 Å². The van der Waals surface area contributed by atoms with Crippen molar-refractivity contribution in [3.8, 4) is 0 Å². The van der Waals surface area contributed by atoms with Crippen molar-refractivity contribution in [3.63, 3.8) is 0 Å². The van der Waals surface area contributed by atoms with Crippen molar-refractivity contribution in [1.82, 2.24) is 0 Å². The highest BCUT2D eigenvalue weighted by atomic mass is 35.5. The van der Waals surface area contributed by atoms with E-state index in [-0.39, 0.29) is 11.8 Å². The molecule has 1 aliphatic carbocycles. The van der Waals surface area contributed by atoms with Gasteiger partial charge in [-0.05, 0) is 30.9 Å². The summed E-state index contributed by atoms with van der Waals surface area (Å²) in [6.07, 6.45) is 2.00. The van der Waals surface area contributed by atoms with Crippen LogP contribution in [-0.2, 0) is 9.59 Å². The third-order valence-corrected chi connectivity index (χ3v) is 4.73. The second-order valence-electron chi connectivity index (χ2n) is 5.38. The highest BCUT2D eigenvalue weighted by Gasteiger charge is 2.42. The molecule has 1 aromatic rings. The van der Waals surface area contributed by atoms with Gasteiger partial charge in [-0.15, -0.1) is 0 Å². The standard InChI is InChI=1S/C15H17Cl2NO3/c1-2-8-6-9(10(7-8)15(20)21)14(19)18-13-11(16)4-3-5-12(13)17/h3-5,8-10H,2,6-7H2,1H3,(H,18,19)(H,20,21). The van der Waals surface area contributed by atoms with E-state index in [1.807, 2.05) is 6.92 Å². The molecule has 3 unspecified atom stereocenters. The van der Waals surface area contributed by atoms with Crippen molar-refractivity contribution in [2.24, 2.45) is 17.8 Å². The molecule has 1 fully saturated rings. The molecule has 1 aromatic carbocycles. The maximum Gasteiger partial charge on any atom is 0.307 e. The zero-order chi connectivity index (χ0) is 15.6. The molecule has 0 radical (unpaired) electrons. The van der Waals surface area contributed by atoms with E-state index in [4.69, 9.17) is 23.2 Å². The SMILES string of the molecule is CCC1CC(C(=O)O)C(C(=O)Nc2c(Cl)cccc2Cl)C1. The molecule has 0 bridgehead atoms. The molecule has 4 nitrogen and oxygen atoms in total. The second kappa shape index (κ2) is 6.67. The van der Waals surface area contributed by atoms with Crippen LogP contribution in [0.1, 0.15) is 26.2 Å². The number of hydrogen-bond donors (Lipinski definition) is 2. The average molecular weight is 330 g/mol. The number of halogens is 2. The van der Waals surface area contributed by atoms with Gasteiger partial charge in [0, 0.05) is 0 Å². The van der Waals surface area contributed by atoms with Crippen molar-refractivity contribution in [2.75, 3.05) is 5.32 Å².